The van der Waals surface area contributed by atoms with E-state index in [1.807, 2.05) is 6.08 Å². The number of allylic oxidation sites excluding steroid dienone is 3. The third-order valence-corrected chi connectivity index (χ3v) is 14.5. The molecule has 17 unspecified atom stereocenters. The van der Waals surface area contributed by atoms with Crippen molar-refractivity contribution in [3.8, 4) is 0 Å². The maximum Gasteiger partial charge on any atom is 0.220 e. The summed E-state index contributed by atoms with van der Waals surface area (Å²) in [4.78, 5) is 13.2. The summed E-state index contributed by atoms with van der Waals surface area (Å²) in [5, 5.41) is 120. The van der Waals surface area contributed by atoms with Gasteiger partial charge in [-0.3, -0.25) is 4.79 Å². The molecule has 17 atom stereocenters. The van der Waals surface area contributed by atoms with Crippen molar-refractivity contribution < 1.29 is 89.4 Å². The van der Waals surface area contributed by atoms with Crippen LogP contribution in [-0.4, -0.2) is 193 Å². The molecule has 3 aliphatic heterocycles. The van der Waals surface area contributed by atoms with E-state index in [1.165, 1.54) is 109 Å². The van der Waals surface area contributed by atoms with Gasteiger partial charge in [-0.15, -0.1) is 0 Å². The molecule has 0 saturated carbocycles. The quantitative estimate of drug-likeness (QED) is 0.0304. The van der Waals surface area contributed by atoms with Gasteiger partial charge in [-0.05, 0) is 25.7 Å². The minimum Gasteiger partial charge on any atom is -0.394 e. The Kier molecular flexibility index (Phi) is 35.6. The summed E-state index contributed by atoms with van der Waals surface area (Å²) in [6.45, 7) is 1.61. The van der Waals surface area contributed by atoms with Crippen LogP contribution in [0, 0.1) is 0 Å². The van der Waals surface area contributed by atoms with E-state index >= 15 is 0 Å². The van der Waals surface area contributed by atoms with Gasteiger partial charge < -0.3 is 89.9 Å². The first-order valence-electron chi connectivity index (χ1n) is 28.6. The molecule has 434 valence electrons. The zero-order valence-corrected chi connectivity index (χ0v) is 44.8. The molecule has 3 rings (SSSR count). The highest BCUT2D eigenvalue weighted by atomic mass is 16.8. The summed E-state index contributed by atoms with van der Waals surface area (Å²) in [7, 11) is 0. The van der Waals surface area contributed by atoms with Crippen LogP contribution < -0.4 is 5.32 Å². The van der Waals surface area contributed by atoms with Crippen LogP contribution in [0.15, 0.2) is 24.3 Å². The molecule has 74 heavy (non-hydrogen) atoms. The van der Waals surface area contributed by atoms with E-state index in [0.29, 0.717) is 12.8 Å². The van der Waals surface area contributed by atoms with E-state index in [0.717, 1.165) is 44.9 Å². The summed E-state index contributed by atoms with van der Waals surface area (Å²) >= 11 is 0. The van der Waals surface area contributed by atoms with Gasteiger partial charge in [-0.1, -0.05) is 179 Å². The van der Waals surface area contributed by atoms with Gasteiger partial charge in [-0.25, -0.2) is 0 Å². The van der Waals surface area contributed by atoms with Crippen molar-refractivity contribution in [2.75, 3.05) is 26.4 Å². The SMILES string of the molecule is CCCC/C=C/CC/C=C/C(O)C(COC1OC(CO)C(OC2OC(CO)C(OC3OC(CO)C(O)C(O)C3O)C(O)C2O)C(O)C1O)NC(=O)CCCCCCCCCCCCCCCCCCCCCCC. The Morgan fingerprint density at radius 1 is 0.473 bits per heavy atom. The van der Waals surface area contributed by atoms with E-state index in [2.05, 4.69) is 31.3 Å². The maximum absolute atomic E-state index is 13.2. The number of hydrogen-bond acceptors (Lipinski definition) is 18. The van der Waals surface area contributed by atoms with Crippen molar-refractivity contribution in [1.82, 2.24) is 5.32 Å². The number of aliphatic hydroxyl groups is 11. The van der Waals surface area contributed by atoms with Crippen LogP contribution in [0.3, 0.4) is 0 Å². The lowest BCUT2D eigenvalue weighted by Crippen LogP contribution is -2.66. The second kappa shape index (κ2) is 39.6. The first-order valence-corrected chi connectivity index (χ1v) is 28.6. The predicted molar refractivity (Wildman–Crippen MR) is 277 cm³/mol. The number of carbonyl (C=O) groups is 1. The molecule has 0 aromatic carbocycles. The van der Waals surface area contributed by atoms with Gasteiger partial charge in [-0.2, -0.15) is 0 Å². The zero-order chi connectivity index (χ0) is 54.1. The molecule has 0 aromatic rings. The molecule has 19 nitrogen and oxygen atoms in total. The Bertz CT molecular complexity index is 1460. The van der Waals surface area contributed by atoms with E-state index in [-0.39, 0.29) is 18.9 Å². The lowest BCUT2D eigenvalue weighted by molar-refractivity contribution is -0.379. The molecule has 0 bridgehead atoms. The molecule has 3 fully saturated rings. The Labute approximate surface area is 441 Å². The minimum absolute atomic E-state index is 0.239. The maximum atomic E-state index is 13.2. The van der Waals surface area contributed by atoms with Crippen LogP contribution in [0.4, 0.5) is 0 Å². The standard InChI is InChI=1S/C55H101NO18/c1-3-5-7-9-11-13-14-15-16-17-18-19-20-21-22-23-24-25-27-29-31-33-43(61)56-38(39(60)32-30-28-26-12-10-8-6-4-2)37-69-53-49(67)46(64)51(41(35-58)71-53)74-55-50(68)47(65)52(42(36-59)72-55)73-54-48(66)45(63)44(62)40(34-57)70-54/h10,12,30,32,38-42,44-55,57-60,62-68H,3-9,11,13-29,31,33-37H2,1-2H3,(H,56,61)/b12-10+,32-30+. The average molecular weight is 1060 g/mol. The second-order valence-corrected chi connectivity index (χ2v) is 20.8. The molecule has 1 amide bonds. The van der Waals surface area contributed by atoms with Gasteiger partial charge in [0.2, 0.25) is 5.91 Å². The normalized spacial score (nSPS) is 31.6. The van der Waals surface area contributed by atoms with Crippen molar-refractivity contribution in [2.24, 2.45) is 0 Å². The van der Waals surface area contributed by atoms with Gasteiger partial charge in [0.15, 0.2) is 18.9 Å². The van der Waals surface area contributed by atoms with Gasteiger partial charge in [0.1, 0.15) is 73.2 Å². The fourth-order valence-electron chi connectivity index (χ4n) is 9.72. The number of carbonyl (C=O) groups excluding carboxylic acids is 1. The number of hydrogen-bond donors (Lipinski definition) is 12. The molecular weight excluding hydrogens is 963 g/mol. The minimum atomic E-state index is -1.98. The Morgan fingerprint density at radius 3 is 1.34 bits per heavy atom. The summed E-state index contributed by atoms with van der Waals surface area (Å²) in [6.07, 6.45) is 12.1. The average Bonchev–Trinajstić information content (AvgIpc) is 3.40. The summed E-state index contributed by atoms with van der Waals surface area (Å²) in [6, 6.07) is -0.982. The van der Waals surface area contributed by atoms with E-state index in [1.54, 1.807) is 6.08 Å². The predicted octanol–water partition coefficient (Wildman–Crippen LogP) is 3.98. The Hall–Kier alpha value is -1.73. The topological polar surface area (TPSA) is 307 Å². The largest absolute Gasteiger partial charge is 0.394 e. The molecule has 0 aliphatic carbocycles. The van der Waals surface area contributed by atoms with E-state index < -0.39 is 124 Å². The highest BCUT2D eigenvalue weighted by Gasteiger charge is 2.53. The summed E-state index contributed by atoms with van der Waals surface area (Å²) in [5.74, 6) is -0.287. The van der Waals surface area contributed by atoms with Crippen LogP contribution in [0.2, 0.25) is 0 Å². The molecule has 3 saturated heterocycles. The number of aliphatic hydroxyl groups excluding tert-OH is 11. The highest BCUT2D eigenvalue weighted by Crippen LogP contribution is 2.33. The molecule has 3 aliphatic rings. The monoisotopic (exact) mass is 1060 g/mol. The van der Waals surface area contributed by atoms with Crippen molar-refractivity contribution in [1.29, 1.82) is 0 Å². The molecule has 0 radical (unpaired) electrons. The lowest BCUT2D eigenvalue weighted by Gasteiger charge is -2.48. The van der Waals surface area contributed by atoms with Crippen LogP contribution in [0.1, 0.15) is 187 Å². The third kappa shape index (κ3) is 24.1. The number of unbranched alkanes of at least 4 members (excludes halogenated alkanes) is 23. The van der Waals surface area contributed by atoms with Crippen molar-refractivity contribution in [3.05, 3.63) is 24.3 Å². The van der Waals surface area contributed by atoms with Crippen LogP contribution in [0.25, 0.3) is 0 Å². The van der Waals surface area contributed by atoms with E-state index in [9.17, 15) is 61.0 Å². The first kappa shape index (κ1) is 66.5. The van der Waals surface area contributed by atoms with Crippen molar-refractivity contribution in [2.45, 2.75) is 291 Å². The smallest absolute Gasteiger partial charge is 0.220 e. The number of ether oxygens (including phenoxy) is 6. The third-order valence-electron chi connectivity index (χ3n) is 14.5. The second-order valence-electron chi connectivity index (χ2n) is 20.8. The molecular formula is C55H101NO18. The fraction of sp³-hybridized carbons (Fsp3) is 0.909. The number of rotatable bonds is 41. The van der Waals surface area contributed by atoms with Crippen LogP contribution in [-0.2, 0) is 33.2 Å². The lowest BCUT2D eigenvalue weighted by atomic mass is 9.96. The van der Waals surface area contributed by atoms with Gasteiger partial charge >= 0.3 is 0 Å². The van der Waals surface area contributed by atoms with Gasteiger partial charge in [0.05, 0.1) is 38.6 Å². The molecule has 19 heteroatoms. The van der Waals surface area contributed by atoms with Crippen LogP contribution >= 0.6 is 0 Å². The Balaban J connectivity index is 1.46. The summed E-state index contributed by atoms with van der Waals surface area (Å²) in [5.41, 5.74) is 0. The van der Waals surface area contributed by atoms with Gasteiger partial charge in [0.25, 0.3) is 0 Å². The fourth-order valence-corrected chi connectivity index (χ4v) is 9.72. The molecule has 0 aromatic heterocycles. The highest BCUT2D eigenvalue weighted by molar-refractivity contribution is 5.76. The van der Waals surface area contributed by atoms with Crippen molar-refractivity contribution >= 4 is 5.91 Å². The van der Waals surface area contributed by atoms with Gasteiger partial charge in [0, 0.05) is 6.42 Å². The molecule has 3 heterocycles. The molecule has 0 spiro atoms. The summed E-state index contributed by atoms with van der Waals surface area (Å²) < 4.78 is 34.1. The first-order chi connectivity index (χ1) is 35.8. The van der Waals surface area contributed by atoms with Crippen LogP contribution in [0.5, 0.6) is 0 Å². The van der Waals surface area contributed by atoms with Crippen molar-refractivity contribution in [3.63, 3.8) is 0 Å². The number of amides is 1. The number of nitrogens with one attached hydrogen (secondary N) is 1. The zero-order valence-electron chi connectivity index (χ0n) is 44.8. The molecule has 12 N–H and O–H groups in total. The van der Waals surface area contributed by atoms with E-state index in [4.69, 9.17) is 28.4 Å². The Morgan fingerprint density at radius 2 is 0.865 bits per heavy atom.